The zero-order valence-corrected chi connectivity index (χ0v) is 19.5. The standard InChI is InChI=1S/C29H27N3O3/c1-18-9-8-14-21-25(18)30-28(35)29(21)24-23(22(31-29)17-20-12-6-3-7-13-20)26(33)32(27(24)34)16-15-19-10-4-2-5-11-19/h2-14,22-24,31H,15-17H2,1H3,(H,30,35)/t22-,23-,24+,29+/m1/s1. The van der Waals surface area contributed by atoms with Crippen LogP contribution >= 0.6 is 0 Å². The molecule has 2 N–H and O–H groups in total. The molecule has 2 saturated heterocycles. The SMILES string of the molecule is Cc1cccc2c1NC(=O)[C@]21N[C@H](Cc2ccccc2)[C@H]2C(=O)N(CCc3ccccc3)C(=O)[C@H]21. The van der Waals surface area contributed by atoms with E-state index in [1.165, 1.54) is 4.90 Å². The average Bonchev–Trinajstić information content (AvgIpc) is 3.45. The summed E-state index contributed by atoms with van der Waals surface area (Å²) in [4.78, 5) is 42.7. The Morgan fingerprint density at radius 3 is 2.23 bits per heavy atom. The first-order valence-corrected chi connectivity index (χ1v) is 12.1. The van der Waals surface area contributed by atoms with Gasteiger partial charge >= 0.3 is 0 Å². The number of nitrogens with zero attached hydrogens (tertiary/aromatic N) is 1. The molecule has 176 valence electrons. The Bertz CT molecular complexity index is 1320. The molecule has 0 aliphatic carbocycles. The number of rotatable bonds is 5. The number of carbonyl (C=O) groups excluding carboxylic acids is 3. The zero-order valence-electron chi connectivity index (χ0n) is 19.5. The van der Waals surface area contributed by atoms with Crippen LogP contribution in [-0.4, -0.2) is 35.2 Å². The number of benzene rings is 3. The molecule has 6 rings (SSSR count). The van der Waals surface area contributed by atoms with Crippen LogP contribution in [0, 0.1) is 18.8 Å². The Hall–Kier alpha value is -3.77. The van der Waals surface area contributed by atoms with Gasteiger partial charge in [-0.1, -0.05) is 78.9 Å². The Morgan fingerprint density at radius 1 is 0.829 bits per heavy atom. The molecule has 6 nitrogen and oxygen atoms in total. The Morgan fingerprint density at radius 2 is 1.51 bits per heavy atom. The normalized spacial score (nSPS) is 26.8. The number of imide groups is 1. The van der Waals surface area contributed by atoms with Crippen molar-refractivity contribution in [1.82, 2.24) is 10.2 Å². The fraction of sp³-hybridized carbons (Fsp3) is 0.276. The Kier molecular flexibility index (Phi) is 5.07. The number of fused-ring (bicyclic) bond motifs is 4. The van der Waals surface area contributed by atoms with Gasteiger partial charge in [0, 0.05) is 23.8 Å². The van der Waals surface area contributed by atoms with Crippen LogP contribution in [-0.2, 0) is 32.8 Å². The Labute approximate surface area is 204 Å². The number of anilines is 1. The molecule has 3 aromatic carbocycles. The van der Waals surface area contributed by atoms with Crippen molar-refractivity contribution in [2.75, 3.05) is 11.9 Å². The molecule has 1 spiro atoms. The van der Waals surface area contributed by atoms with Crippen molar-refractivity contribution in [3.05, 3.63) is 101 Å². The average molecular weight is 466 g/mol. The summed E-state index contributed by atoms with van der Waals surface area (Å²) in [6.45, 7) is 2.25. The second-order valence-electron chi connectivity index (χ2n) is 9.77. The fourth-order valence-electron chi connectivity index (χ4n) is 6.18. The van der Waals surface area contributed by atoms with Crippen molar-refractivity contribution >= 4 is 23.4 Å². The monoisotopic (exact) mass is 465 g/mol. The van der Waals surface area contributed by atoms with E-state index in [1.54, 1.807) is 0 Å². The van der Waals surface area contributed by atoms with Crippen LogP contribution in [0.3, 0.4) is 0 Å². The second kappa shape index (κ2) is 8.17. The van der Waals surface area contributed by atoms with Crippen LogP contribution in [0.15, 0.2) is 78.9 Å². The molecule has 4 atom stereocenters. The minimum absolute atomic E-state index is 0.185. The maximum atomic E-state index is 13.9. The summed E-state index contributed by atoms with van der Waals surface area (Å²) < 4.78 is 0. The van der Waals surface area contributed by atoms with E-state index in [1.807, 2.05) is 85.8 Å². The molecule has 35 heavy (non-hydrogen) atoms. The van der Waals surface area contributed by atoms with Crippen LogP contribution in [0.2, 0.25) is 0 Å². The van der Waals surface area contributed by atoms with Gasteiger partial charge in [-0.05, 0) is 36.5 Å². The summed E-state index contributed by atoms with van der Waals surface area (Å²) in [6.07, 6.45) is 1.15. The number of amides is 3. The minimum atomic E-state index is -1.25. The smallest absolute Gasteiger partial charge is 0.250 e. The third-order valence-electron chi connectivity index (χ3n) is 7.82. The first-order valence-electron chi connectivity index (χ1n) is 12.1. The highest BCUT2D eigenvalue weighted by atomic mass is 16.2. The molecule has 0 radical (unpaired) electrons. The van der Waals surface area contributed by atoms with E-state index >= 15 is 0 Å². The lowest BCUT2D eigenvalue weighted by molar-refractivity contribution is -0.142. The zero-order chi connectivity index (χ0) is 24.2. The van der Waals surface area contributed by atoms with Crippen molar-refractivity contribution < 1.29 is 14.4 Å². The lowest BCUT2D eigenvalue weighted by Gasteiger charge is -2.29. The van der Waals surface area contributed by atoms with Gasteiger partial charge < -0.3 is 5.32 Å². The summed E-state index contributed by atoms with van der Waals surface area (Å²) in [6, 6.07) is 25.2. The number of hydrogen-bond donors (Lipinski definition) is 2. The fourth-order valence-corrected chi connectivity index (χ4v) is 6.18. The molecule has 2 fully saturated rings. The van der Waals surface area contributed by atoms with E-state index in [-0.39, 0.29) is 23.8 Å². The Balaban J connectivity index is 1.41. The number of likely N-dealkylation sites (tertiary alicyclic amines) is 1. The maximum Gasteiger partial charge on any atom is 0.250 e. The highest BCUT2D eigenvalue weighted by Gasteiger charge is 2.70. The maximum absolute atomic E-state index is 13.9. The quantitative estimate of drug-likeness (QED) is 0.568. The van der Waals surface area contributed by atoms with E-state index in [0.717, 1.165) is 27.9 Å². The summed E-state index contributed by atoms with van der Waals surface area (Å²) in [5.74, 6) is -2.07. The van der Waals surface area contributed by atoms with E-state index < -0.39 is 17.4 Å². The molecular weight excluding hydrogens is 438 g/mol. The lowest BCUT2D eigenvalue weighted by atomic mass is 9.76. The topological polar surface area (TPSA) is 78.5 Å². The van der Waals surface area contributed by atoms with Crippen molar-refractivity contribution in [3.63, 3.8) is 0 Å². The summed E-state index contributed by atoms with van der Waals surface area (Å²) in [5, 5.41) is 6.54. The van der Waals surface area contributed by atoms with Crippen LogP contribution in [0.4, 0.5) is 5.69 Å². The summed E-state index contributed by atoms with van der Waals surface area (Å²) >= 11 is 0. The third kappa shape index (κ3) is 3.24. The van der Waals surface area contributed by atoms with Crippen molar-refractivity contribution in [2.45, 2.75) is 31.3 Å². The van der Waals surface area contributed by atoms with Crippen molar-refractivity contribution in [3.8, 4) is 0 Å². The number of para-hydroxylation sites is 1. The first kappa shape index (κ1) is 21.7. The van der Waals surface area contributed by atoms with Gasteiger partial charge in [-0.3, -0.25) is 24.6 Å². The van der Waals surface area contributed by atoms with Crippen molar-refractivity contribution in [2.24, 2.45) is 11.8 Å². The molecule has 0 bridgehead atoms. The number of hydrogen-bond acceptors (Lipinski definition) is 4. The molecular formula is C29H27N3O3. The largest absolute Gasteiger partial charge is 0.324 e. The predicted octanol–water partition coefficient (Wildman–Crippen LogP) is 3.20. The van der Waals surface area contributed by atoms with Gasteiger partial charge in [0.25, 0.3) is 0 Å². The predicted molar refractivity (Wildman–Crippen MR) is 132 cm³/mol. The van der Waals surface area contributed by atoms with Gasteiger partial charge in [0.05, 0.1) is 11.8 Å². The molecule has 3 aliphatic rings. The van der Waals surface area contributed by atoms with Gasteiger partial charge in [0.2, 0.25) is 17.7 Å². The molecule has 0 aromatic heterocycles. The number of aryl methyl sites for hydroxylation is 1. The first-order chi connectivity index (χ1) is 17.0. The molecule has 3 heterocycles. The van der Waals surface area contributed by atoms with E-state index in [9.17, 15) is 14.4 Å². The van der Waals surface area contributed by atoms with Crippen LogP contribution in [0.25, 0.3) is 0 Å². The van der Waals surface area contributed by atoms with Gasteiger partial charge in [0.1, 0.15) is 5.54 Å². The lowest BCUT2D eigenvalue weighted by Crippen LogP contribution is -2.53. The van der Waals surface area contributed by atoms with Gasteiger partial charge in [-0.25, -0.2) is 0 Å². The van der Waals surface area contributed by atoms with E-state index in [2.05, 4.69) is 10.6 Å². The van der Waals surface area contributed by atoms with Crippen LogP contribution < -0.4 is 10.6 Å². The van der Waals surface area contributed by atoms with Crippen molar-refractivity contribution in [1.29, 1.82) is 0 Å². The van der Waals surface area contributed by atoms with Crippen LogP contribution in [0.1, 0.15) is 22.3 Å². The number of carbonyl (C=O) groups is 3. The minimum Gasteiger partial charge on any atom is -0.324 e. The van der Waals surface area contributed by atoms with E-state index in [4.69, 9.17) is 0 Å². The van der Waals surface area contributed by atoms with E-state index in [0.29, 0.717) is 19.4 Å². The molecule has 0 saturated carbocycles. The highest BCUT2D eigenvalue weighted by Crippen LogP contribution is 2.53. The molecule has 3 amide bonds. The number of nitrogens with one attached hydrogen (secondary N) is 2. The van der Waals surface area contributed by atoms with Gasteiger partial charge in [0.15, 0.2) is 0 Å². The third-order valence-corrected chi connectivity index (χ3v) is 7.82. The second-order valence-corrected chi connectivity index (χ2v) is 9.77. The van der Waals surface area contributed by atoms with Gasteiger partial charge in [-0.2, -0.15) is 0 Å². The molecule has 3 aromatic rings. The molecule has 0 unspecified atom stereocenters. The highest BCUT2D eigenvalue weighted by molar-refractivity contribution is 6.15. The summed E-state index contributed by atoms with van der Waals surface area (Å²) in [5.41, 5.74) is 3.33. The summed E-state index contributed by atoms with van der Waals surface area (Å²) in [7, 11) is 0. The van der Waals surface area contributed by atoms with Gasteiger partial charge in [-0.15, -0.1) is 0 Å². The molecule has 3 aliphatic heterocycles. The molecule has 6 heteroatoms. The van der Waals surface area contributed by atoms with Crippen LogP contribution in [0.5, 0.6) is 0 Å².